The van der Waals surface area contributed by atoms with Gasteiger partial charge in [0.2, 0.25) is 5.91 Å². The van der Waals surface area contributed by atoms with Crippen LogP contribution in [0.15, 0.2) is 18.2 Å². The highest BCUT2D eigenvalue weighted by molar-refractivity contribution is 6.31. The molecule has 2 rings (SSSR count). The number of carbonyl (C=O) groups excluding carboxylic acids is 1. The van der Waals surface area contributed by atoms with Crippen molar-refractivity contribution in [3.8, 4) is 0 Å². The molecule has 1 heterocycles. The summed E-state index contributed by atoms with van der Waals surface area (Å²) in [5.74, 6) is -0.142. The van der Waals surface area contributed by atoms with Gasteiger partial charge in [0.25, 0.3) is 0 Å². The Kier molecular flexibility index (Phi) is 3.52. The molecule has 0 saturated carbocycles. The largest absolute Gasteiger partial charge is 0.417 e. The average Bonchev–Trinajstić information content (AvgIpc) is 2.29. The van der Waals surface area contributed by atoms with Crippen molar-refractivity contribution < 1.29 is 18.0 Å². The van der Waals surface area contributed by atoms with Crippen molar-refractivity contribution in [2.24, 2.45) is 0 Å². The fraction of sp³-hybridized carbons (Fsp3) is 0.417. The molecule has 0 spiro atoms. The van der Waals surface area contributed by atoms with Crippen molar-refractivity contribution >= 4 is 23.2 Å². The van der Waals surface area contributed by atoms with Gasteiger partial charge in [0.15, 0.2) is 0 Å². The number of rotatable bonds is 1. The van der Waals surface area contributed by atoms with Gasteiger partial charge < -0.3 is 4.90 Å². The smallest absolute Gasteiger partial charge is 0.312 e. The topological polar surface area (TPSA) is 20.3 Å². The number of amides is 1. The second-order valence-corrected chi connectivity index (χ2v) is 4.57. The van der Waals surface area contributed by atoms with Crippen LogP contribution in [-0.4, -0.2) is 12.5 Å². The third kappa shape index (κ3) is 2.61. The molecule has 1 saturated heterocycles. The summed E-state index contributed by atoms with van der Waals surface area (Å²) in [7, 11) is 0. The van der Waals surface area contributed by atoms with Gasteiger partial charge in [-0.2, -0.15) is 13.2 Å². The predicted octanol–water partition coefficient (Wildman–Crippen LogP) is 3.88. The van der Waals surface area contributed by atoms with Gasteiger partial charge in [-0.1, -0.05) is 11.6 Å². The second kappa shape index (κ2) is 4.80. The summed E-state index contributed by atoms with van der Waals surface area (Å²) in [4.78, 5) is 13.0. The Morgan fingerprint density at radius 2 is 1.94 bits per heavy atom. The molecule has 0 N–H and O–H groups in total. The Morgan fingerprint density at radius 3 is 2.56 bits per heavy atom. The normalized spacial score (nSPS) is 17.1. The summed E-state index contributed by atoms with van der Waals surface area (Å²) >= 11 is 5.53. The zero-order valence-electron chi connectivity index (χ0n) is 9.43. The highest BCUT2D eigenvalue weighted by atomic mass is 35.5. The van der Waals surface area contributed by atoms with Crippen LogP contribution in [0.5, 0.6) is 0 Å². The predicted molar refractivity (Wildman–Crippen MR) is 62.7 cm³/mol. The number of piperidine rings is 1. The van der Waals surface area contributed by atoms with Crippen molar-refractivity contribution in [2.45, 2.75) is 25.4 Å². The van der Waals surface area contributed by atoms with Crippen LogP contribution >= 0.6 is 11.6 Å². The van der Waals surface area contributed by atoms with Gasteiger partial charge in [-0.3, -0.25) is 4.79 Å². The Bertz CT molecular complexity index is 473. The van der Waals surface area contributed by atoms with Crippen molar-refractivity contribution in [1.82, 2.24) is 0 Å². The molecule has 0 unspecified atom stereocenters. The molecule has 0 aromatic heterocycles. The molecule has 18 heavy (non-hydrogen) atoms. The second-order valence-electron chi connectivity index (χ2n) is 4.16. The number of anilines is 1. The van der Waals surface area contributed by atoms with Crippen molar-refractivity contribution in [3.63, 3.8) is 0 Å². The van der Waals surface area contributed by atoms with E-state index in [-0.39, 0.29) is 16.6 Å². The molecule has 1 aliphatic heterocycles. The van der Waals surface area contributed by atoms with Gasteiger partial charge in [0, 0.05) is 18.7 Å². The third-order valence-corrected chi connectivity index (χ3v) is 3.22. The molecule has 0 bridgehead atoms. The van der Waals surface area contributed by atoms with E-state index in [9.17, 15) is 18.0 Å². The fourth-order valence-electron chi connectivity index (χ4n) is 1.98. The number of hydrogen-bond acceptors (Lipinski definition) is 1. The lowest BCUT2D eigenvalue weighted by Crippen LogP contribution is -2.35. The number of nitrogens with zero attached hydrogens (tertiary/aromatic N) is 1. The molecule has 98 valence electrons. The third-order valence-electron chi connectivity index (χ3n) is 2.89. The van der Waals surface area contributed by atoms with Crippen LogP contribution in [0, 0.1) is 0 Å². The molecule has 1 aromatic rings. The van der Waals surface area contributed by atoms with Gasteiger partial charge in [-0.05, 0) is 31.0 Å². The van der Waals surface area contributed by atoms with Crippen LogP contribution in [0.4, 0.5) is 18.9 Å². The van der Waals surface area contributed by atoms with Crippen molar-refractivity contribution in [1.29, 1.82) is 0 Å². The maximum atomic E-state index is 12.7. The Hall–Kier alpha value is -1.23. The summed E-state index contributed by atoms with van der Waals surface area (Å²) in [5.41, 5.74) is -0.642. The van der Waals surface area contributed by atoms with Gasteiger partial charge in [-0.25, -0.2) is 0 Å². The van der Waals surface area contributed by atoms with Crippen LogP contribution in [0.1, 0.15) is 24.8 Å². The quantitative estimate of drug-likeness (QED) is 0.763. The van der Waals surface area contributed by atoms with Crippen LogP contribution in [0.2, 0.25) is 5.02 Å². The van der Waals surface area contributed by atoms with Crippen LogP contribution in [0.25, 0.3) is 0 Å². The Morgan fingerprint density at radius 1 is 1.22 bits per heavy atom. The van der Waals surface area contributed by atoms with Crippen LogP contribution in [-0.2, 0) is 11.0 Å². The van der Waals surface area contributed by atoms with Gasteiger partial charge in [0.1, 0.15) is 0 Å². The molecule has 1 aromatic carbocycles. The number of alkyl halides is 3. The number of hydrogen-bond donors (Lipinski definition) is 0. The monoisotopic (exact) mass is 277 g/mol. The first kappa shape index (κ1) is 13.2. The number of halogens is 4. The lowest BCUT2D eigenvalue weighted by molar-refractivity contribution is -0.137. The minimum absolute atomic E-state index is 0.142. The van der Waals surface area contributed by atoms with E-state index in [0.717, 1.165) is 18.9 Å². The molecule has 1 fully saturated rings. The molecule has 6 heteroatoms. The minimum atomic E-state index is -4.51. The molecule has 0 aliphatic carbocycles. The molecule has 0 radical (unpaired) electrons. The summed E-state index contributed by atoms with van der Waals surface area (Å²) in [6.07, 6.45) is -2.54. The van der Waals surface area contributed by atoms with E-state index in [1.54, 1.807) is 0 Å². The first-order chi connectivity index (χ1) is 8.39. The summed E-state index contributed by atoms with van der Waals surface area (Å²) in [6.45, 7) is 0.456. The van der Waals surface area contributed by atoms with E-state index < -0.39 is 11.7 Å². The Labute approximate surface area is 107 Å². The zero-order chi connectivity index (χ0) is 13.3. The van der Waals surface area contributed by atoms with E-state index in [0.29, 0.717) is 13.0 Å². The molecule has 1 aliphatic rings. The molecular weight excluding hydrogens is 267 g/mol. The molecule has 2 nitrogen and oxygen atoms in total. The Balaban J connectivity index is 2.37. The number of carbonyl (C=O) groups is 1. The lowest BCUT2D eigenvalue weighted by atomic mass is 10.1. The lowest BCUT2D eigenvalue weighted by Gasteiger charge is -2.27. The van der Waals surface area contributed by atoms with Gasteiger partial charge in [-0.15, -0.1) is 0 Å². The molecule has 0 atom stereocenters. The summed E-state index contributed by atoms with van der Waals surface area (Å²) < 4.78 is 38.1. The highest BCUT2D eigenvalue weighted by Gasteiger charge is 2.34. The highest BCUT2D eigenvalue weighted by Crippen LogP contribution is 2.37. The minimum Gasteiger partial charge on any atom is -0.312 e. The van der Waals surface area contributed by atoms with E-state index >= 15 is 0 Å². The van der Waals surface area contributed by atoms with E-state index in [2.05, 4.69) is 0 Å². The summed E-state index contributed by atoms with van der Waals surface area (Å²) in [6, 6.07) is 3.56. The van der Waals surface area contributed by atoms with E-state index in [1.165, 1.54) is 17.0 Å². The SMILES string of the molecule is O=C1CCCCN1c1ccc(Cl)c(C(F)(F)F)c1. The van der Waals surface area contributed by atoms with E-state index in [4.69, 9.17) is 11.6 Å². The van der Waals surface area contributed by atoms with Crippen LogP contribution < -0.4 is 4.90 Å². The maximum Gasteiger partial charge on any atom is 0.417 e. The molecule has 1 amide bonds. The van der Waals surface area contributed by atoms with Crippen LogP contribution in [0.3, 0.4) is 0 Å². The van der Waals surface area contributed by atoms with E-state index in [1.807, 2.05) is 0 Å². The first-order valence-corrected chi connectivity index (χ1v) is 5.94. The number of benzene rings is 1. The van der Waals surface area contributed by atoms with Crippen molar-refractivity contribution in [3.05, 3.63) is 28.8 Å². The maximum absolute atomic E-state index is 12.7. The van der Waals surface area contributed by atoms with Gasteiger partial charge in [0.05, 0.1) is 10.6 Å². The average molecular weight is 278 g/mol. The fourth-order valence-corrected chi connectivity index (χ4v) is 2.20. The first-order valence-electron chi connectivity index (χ1n) is 5.57. The van der Waals surface area contributed by atoms with Gasteiger partial charge >= 0.3 is 6.18 Å². The summed E-state index contributed by atoms with van der Waals surface area (Å²) in [5, 5.41) is -0.351. The molecular formula is C12H11ClF3NO. The van der Waals surface area contributed by atoms with Crippen molar-refractivity contribution in [2.75, 3.05) is 11.4 Å². The zero-order valence-corrected chi connectivity index (χ0v) is 10.2. The standard InChI is InChI=1S/C12H11ClF3NO/c13-10-5-4-8(7-9(10)12(14,15)16)17-6-2-1-3-11(17)18/h4-5,7H,1-3,6H2.